The zero-order chi connectivity index (χ0) is 25.5. The van der Waals surface area contributed by atoms with Gasteiger partial charge in [-0.2, -0.15) is 0 Å². The normalized spacial score (nSPS) is 13.3. The fraction of sp³-hybridized carbons (Fsp3) is 0.520. The second-order valence-corrected chi connectivity index (χ2v) is 9.49. The molecule has 0 radical (unpaired) electrons. The average Bonchev–Trinajstić information content (AvgIpc) is 3.11. The van der Waals surface area contributed by atoms with E-state index in [1.54, 1.807) is 40.8 Å². The molecule has 0 aliphatic rings. The van der Waals surface area contributed by atoms with E-state index in [4.69, 9.17) is 9.47 Å². The number of aromatic nitrogens is 1. The van der Waals surface area contributed by atoms with E-state index < -0.39 is 41.6 Å². The van der Waals surface area contributed by atoms with Crippen LogP contribution in [0.2, 0.25) is 0 Å². The summed E-state index contributed by atoms with van der Waals surface area (Å²) in [6, 6.07) is 5.64. The number of amides is 2. The van der Waals surface area contributed by atoms with E-state index in [0.717, 1.165) is 16.5 Å². The largest absolute Gasteiger partial charge is 0.461 e. The van der Waals surface area contributed by atoms with Crippen molar-refractivity contribution in [1.82, 2.24) is 15.6 Å². The van der Waals surface area contributed by atoms with Gasteiger partial charge in [0.2, 0.25) is 11.8 Å². The van der Waals surface area contributed by atoms with Gasteiger partial charge < -0.3 is 25.1 Å². The predicted molar refractivity (Wildman–Crippen MR) is 128 cm³/mol. The van der Waals surface area contributed by atoms with Gasteiger partial charge in [-0.3, -0.25) is 14.4 Å². The summed E-state index contributed by atoms with van der Waals surface area (Å²) in [5.74, 6) is -2.06. The summed E-state index contributed by atoms with van der Waals surface area (Å²) >= 11 is 0. The van der Waals surface area contributed by atoms with Crippen LogP contribution in [-0.2, 0) is 35.1 Å². The van der Waals surface area contributed by atoms with Gasteiger partial charge in [-0.05, 0) is 52.7 Å². The molecule has 0 aliphatic carbocycles. The number of esters is 2. The van der Waals surface area contributed by atoms with Crippen molar-refractivity contribution in [1.29, 1.82) is 0 Å². The van der Waals surface area contributed by atoms with Crippen LogP contribution in [0.15, 0.2) is 30.5 Å². The van der Waals surface area contributed by atoms with E-state index in [1.165, 1.54) is 6.92 Å². The number of aromatic amines is 1. The van der Waals surface area contributed by atoms with Crippen LogP contribution in [0.3, 0.4) is 0 Å². The predicted octanol–water partition coefficient (Wildman–Crippen LogP) is 2.77. The number of benzene rings is 1. The summed E-state index contributed by atoms with van der Waals surface area (Å²) in [5.41, 5.74) is 1.10. The quantitative estimate of drug-likeness (QED) is 0.456. The number of hydrogen-bond donors (Lipinski definition) is 3. The summed E-state index contributed by atoms with van der Waals surface area (Å²) in [4.78, 5) is 52.9. The summed E-state index contributed by atoms with van der Waals surface area (Å²) in [6.45, 7) is 9.96. The highest BCUT2D eigenvalue weighted by Gasteiger charge is 2.29. The number of H-pyrrole nitrogens is 1. The summed E-state index contributed by atoms with van der Waals surface area (Å²) < 4.78 is 10.6. The summed E-state index contributed by atoms with van der Waals surface area (Å²) in [6.07, 6.45) is 1.54. The van der Waals surface area contributed by atoms with Crippen molar-refractivity contribution >= 4 is 34.7 Å². The van der Waals surface area contributed by atoms with E-state index in [9.17, 15) is 19.2 Å². The molecule has 0 saturated heterocycles. The lowest BCUT2D eigenvalue weighted by atomic mass is 10.0. The summed E-state index contributed by atoms with van der Waals surface area (Å²) in [7, 11) is 0. The van der Waals surface area contributed by atoms with Gasteiger partial charge >= 0.3 is 11.9 Å². The van der Waals surface area contributed by atoms with E-state index in [-0.39, 0.29) is 25.2 Å². The molecule has 1 aromatic heterocycles. The molecular formula is C25H35N3O6. The van der Waals surface area contributed by atoms with Crippen LogP contribution < -0.4 is 10.6 Å². The SMILES string of the molecule is CC(=O)N[C@@H](Cc1c[nH]c2ccccc12)C(=O)N[C@@H](CCC(=O)OC(C)(C)C)C(=O)OC(C)C. The van der Waals surface area contributed by atoms with Crippen LogP contribution in [0.4, 0.5) is 0 Å². The topological polar surface area (TPSA) is 127 Å². The Morgan fingerprint density at radius 2 is 1.71 bits per heavy atom. The van der Waals surface area contributed by atoms with Gasteiger partial charge in [-0.15, -0.1) is 0 Å². The first-order valence-corrected chi connectivity index (χ1v) is 11.4. The summed E-state index contributed by atoms with van der Waals surface area (Å²) in [5, 5.41) is 6.25. The average molecular weight is 474 g/mol. The fourth-order valence-corrected chi connectivity index (χ4v) is 3.47. The lowest BCUT2D eigenvalue weighted by Gasteiger charge is -2.24. The first kappa shape index (κ1) is 26.9. The van der Waals surface area contributed by atoms with Crippen LogP contribution in [0, 0.1) is 0 Å². The molecule has 186 valence electrons. The van der Waals surface area contributed by atoms with Crippen LogP contribution in [0.25, 0.3) is 10.9 Å². The Hall–Kier alpha value is -3.36. The number of hydrogen-bond acceptors (Lipinski definition) is 6. The van der Waals surface area contributed by atoms with E-state index in [2.05, 4.69) is 15.6 Å². The van der Waals surface area contributed by atoms with Crippen molar-refractivity contribution in [2.75, 3.05) is 0 Å². The maximum Gasteiger partial charge on any atom is 0.328 e. The Labute approximate surface area is 199 Å². The zero-order valence-corrected chi connectivity index (χ0v) is 20.7. The highest BCUT2D eigenvalue weighted by atomic mass is 16.6. The molecule has 3 N–H and O–H groups in total. The Morgan fingerprint density at radius 3 is 2.32 bits per heavy atom. The Balaban J connectivity index is 2.17. The molecule has 9 nitrogen and oxygen atoms in total. The van der Waals surface area contributed by atoms with E-state index in [0.29, 0.717) is 0 Å². The third-order valence-corrected chi connectivity index (χ3v) is 4.80. The lowest BCUT2D eigenvalue weighted by molar-refractivity contribution is -0.156. The monoisotopic (exact) mass is 473 g/mol. The fourth-order valence-electron chi connectivity index (χ4n) is 3.47. The molecule has 0 spiro atoms. The highest BCUT2D eigenvalue weighted by Crippen LogP contribution is 2.19. The molecule has 2 amide bonds. The first-order chi connectivity index (χ1) is 15.9. The van der Waals surface area contributed by atoms with Gasteiger partial charge in [-0.1, -0.05) is 18.2 Å². The minimum absolute atomic E-state index is 0.00604. The Kier molecular flexibility index (Phi) is 9.23. The second-order valence-electron chi connectivity index (χ2n) is 9.49. The molecule has 1 aromatic carbocycles. The van der Waals surface area contributed by atoms with Gasteiger partial charge in [0, 0.05) is 36.9 Å². The zero-order valence-electron chi connectivity index (χ0n) is 20.7. The molecule has 9 heteroatoms. The minimum atomic E-state index is -1.07. The van der Waals surface area contributed by atoms with Crippen molar-refractivity contribution in [2.24, 2.45) is 0 Å². The number of carbonyl (C=O) groups is 4. The number of para-hydroxylation sites is 1. The van der Waals surface area contributed by atoms with Crippen molar-refractivity contribution in [3.63, 3.8) is 0 Å². The van der Waals surface area contributed by atoms with Gasteiger partial charge in [-0.25, -0.2) is 4.79 Å². The van der Waals surface area contributed by atoms with Crippen molar-refractivity contribution < 1.29 is 28.7 Å². The molecule has 0 saturated carbocycles. The molecule has 0 fully saturated rings. The molecule has 2 aromatic rings. The third-order valence-electron chi connectivity index (χ3n) is 4.80. The van der Waals surface area contributed by atoms with Gasteiger partial charge in [0.25, 0.3) is 0 Å². The maximum absolute atomic E-state index is 13.2. The lowest BCUT2D eigenvalue weighted by Crippen LogP contribution is -2.52. The van der Waals surface area contributed by atoms with Crippen LogP contribution in [0.1, 0.15) is 59.9 Å². The van der Waals surface area contributed by atoms with Gasteiger partial charge in [0.1, 0.15) is 17.7 Å². The molecule has 0 unspecified atom stereocenters. The van der Waals surface area contributed by atoms with Gasteiger partial charge in [0.15, 0.2) is 0 Å². The number of fused-ring (bicyclic) bond motifs is 1. The molecule has 0 aliphatic heterocycles. The van der Waals surface area contributed by atoms with E-state index >= 15 is 0 Å². The van der Waals surface area contributed by atoms with Crippen molar-refractivity contribution in [3.8, 4) is 0 Å². The molecule has 2 atom stereocenters. The molecule has 1 heterocycles. The van der Waals surface area contributed by atoms with Gasteiger partial charge in [0.05, 0.1) is 6.10 Å². The number of rotatable bonds is 10. The van der Waals surface area contributed by atoms with Crippen LogP contribution in [-0.4, -0.2) is 52.5 Å². The first-order valence-electron chi connectivity index (χ1n) is 11.4. The molecule has 2 rings (SSSR count). The minimum Gasteiger partial charge on any atom is -0.461 e. The van der Waals surface area contributed by atoms with Crippen molar-refractivity contribution in [2.45, 2.75) is 84.6 Å². The smallest absolute Gasteiger partial charge is 0.328 e. The highest BCUT2D eigenvalue weighted by molar-refractivity contribution is 5.92. The van der Waals surface area contributed by atoms with Crippen LogP contribution >= 0.6 is 0 Å². The van der Waals surface area contributed by atoms with Crippen molar-refractivity contribution in [3.05, 3.63) is 36.0 Å². The third kappa shape index (κ3) is 8.53. The molecular weight excluding hydrogens is 438 g/mol. The second kappa shape index (κ2) is 11.7. The van der Waals surface area contributed by atoms with Crippen LogP contribution in [0.5, 0.6) is 0 Å². The van der Waals surface area contributed by atoms with E-state index in [1.807, 2.05) is 24.3 Å². The number of ether oxygens (including phenoxy) is 2. The number of carbonyl (C=O) groups excluding carboxylic acids is 4. The molecule has 34 heavy (non-hydrogen) atoms. The Morgan fingerprint density at radius 1 is 1.03 bits per heavy atom. The standard InChI is InChI=1S/C25H35N3O6/c1-15(2)33-24(32)20(11-12-22(30)34-25(4,5)6)28-23(31)21(27-16(3)29)13-17-14-26-19-10-8-7-9-18(17)19/h7-10,14-15,20-21,26H,11-13H2,1-6H3,(H,27,29)(H,28,31)/t20-,21-/m0/s1. The Bertz CT molecular complexity index is 1020. The maximum atomic E-state index is 13.2. The molecule has 0 bridgehead atoms. The number of nitrogens with one attached hydrogen (secondary N) is 3.